The molecule has 0 unspecified atom stereocenters. The van der Waals surface area contributed by atoms with Gasteiger partial charge in [-0.15, -0.1) is 5.10 Å². The highest BCUT2D eigenvalue weighted by Gasteiger charge is 2.35. The van der Waals surface area contributed by atoms with E-state index in [-0.39, 0.29) is 24.3 Å². The Hall–Kier alpha value is -2.79. The first-order valence-corrected chi connectivity index (χ1v) is 8.82. The number of nitrogens with zero attached hydrogens (tertiary/aromatic N) is 4. The SMILES string of the molecule is O=c1[nH]c(=O)n([C@H]2C[C@H](O)[C@@H](CO)O2)cc1-c1cn(-c2ccc(Cl)cc2)nn1. The lowest BCUT2D eigenvalue weighted by atomic mass is 10.2. The first-order chi connectivity index (χ1) is 13.5. The van der Waals surface area contributed by atoms with Crippen LogP contribution in [0.15, 0.2) is 46.2 Å². The van der Waals surface area contributed by atoms with E-state index in [9.17, 15) is 19.8 Å². The van der Waals surface area contributed by atoms with Crippen LogP contribution in [0.1, 0.15) is 12.6 Å². The van der Waals surface area contributed by atoms with Gasteiger partial charge < -0.3 is 14.9 Å². The average Bonchev–Trinajstić information content (AvgIpc) is 3.29. The van der Waals surface area contributed by atoms with E-state index in [1.165, 1.54) is 10.9 Å². The summed E-state index contributed by atoms with van der Waals surface area (Å²) in [6.07, 6.45) is 0.439. The third-order valence-corrected chi connectivity index (χ3v) is 4.77. The van der Waals surface area contributed by atoms with Gasteiger partial charge in [0.05, 0.1) is 30.2 Å². The lowest BCUT2D eigenvalue weighted by Crippen LogP contribution is -2.33. The van der Waals surface area contributed by atoms with Crippen LogP contribution in [0.4, 0.5) is 0 Å². The maximum atomic E-state index is 12.3. The second kappa shape index (κ2) is 7.32. The van der Waals surface area contributed by atoms with Crippen LogP contribution in [0.5, 0.6) is 0 Å². The zero-order valence-electron chi connectivity index (χ0n) is 14.4. The predicted octanol–water partition coefficient (Wildman–Crippen LogP) is 0.0784. The van der Waals surface area contributed by atoms with Gasteiger partial charge in [-0.05, 0) is 24.3 Å². The van der Waals surface area contributed by atoms with Crippen LogP contribution >= 0.6 is 11.6 Å². The topological polar surface area (TPSA) is 135 Å². The Balaban J connectivity index is 1.70. The van der Waals surface area contributed by atoms with Gasteiger partial charge in [-0.2, -0.15) is 0 Å². The number of aliphatic hydroxyl groups is 2. The van der Waals surface area contributed by atoms with Gasteiger partial charge in [0.25, 0.3) is 5.56 Å². The highest BCUT2D eigenvalue weighted by atomic mass is 35.5. The third kappa shape index (κ3) is 3.38. The smallest absolute Gasteiger partial charge is 0.330 e. The van der Waals surface area contributed by atoms with E-state index >= 15 is 0 Å². The molecular formula is C17H16ClN5O5. The number of H-pyrrole nitrogens is 1. The van der Waals surface area contributed by atoms with Crippen molar-refractivity contribution >= 4 is 11.6 Å². The number of aromatic nitrogens is 5. The molecule has 11 heteroatoms. The Kier molecular flexibility index (Phi) is 4.85. The molecule has 1 saturated heterocycles. The molecule has 3 atom stereocenters. The molecule has 2 aromatic heterocycles. The van der Waals surface area contributed by atoms with E-state index in [1.54, 1.807) is 30.5 Å². The summed E-state index contributed by atoms with van der Waals surface area (Å²) in [6.45, 7) is -0.377. The molecule has 1 fully saturated rings. The molecule has 0 aliphatic carbocycles. The van der Waals surface area contributed by atoms with E-state index < -0.39 is 29.7 Å². The summed E-state index contributed by atoms with van der Waals surface area (Å²) in [6, 6.07) is 6.89. The first kappa shape index (κ1) is 18.6. The summed E-state index contributed by atoms with van der Waals surface area (Å²) in [4.78, 5) is 26.7. The molecule has 3 aromatic rings. The Morgan fingerprint density at radius 2 is 2.00 bits per heavy atom. The third-order valence-electron chi connectivity index (χ3n) is 4.52. The summed E-state index contributed by atoms with van der Waals surface area (Å²) in [7, 11) is 0. The largest absolute Gasteiger partial charge is 0.394 e. The van der Waals surface area contributed by atoms with E-state index in [2.05, 4.69) is 15.3 Å². The molecule has 0 amide bonds. The lowest BCUT2D eigenvalue weighted by Gasteiger charge is -2.14. The van der Waals surface area contributed by atoms with Crippen LogP contribution in [-0.4, -0.2) is 53.6 Å². The summed E-state index contributed by atoms with van der Waals surface area (Å²) < 4.78 is 8.13. The van der Waals surface area contributed by atoms with Gasteiger partial charge in [-0.3, -0.25) is 14.3 Å². The van der Waals surface area contributed by atoms with Crippen LogP contribution in [0.2, 0.25) is 5.02 Å². The van der Waals surface area contributed by atoms with Gasteiger partial charge >= 0.3 is 5.69 Å². The summed E-state index contributed by atoms with van der Waals surface area (Å²) >= 11 is 5.88. The van der Waals surface area contributed by atoms with Crippen molar-refractivity contribution in [1.29, 1.82) is 0 Å². The minimum absolute atomic E-state index is 0.105. The Bertz CT molecular complexity index is 1110. The highest BCUT2D eigenvalue weighted by molar-refractivity contribution is 6.30. The molecule has 0 radical (unpaired) electrons. The number of halogens is 1. The lowest BCUT2D eigenvalue weighted by molar-refractivity contribution is -0.0458. The fraction of sp³-hybridized carbons (Fsp3) is 0.294. The number of rotatable bonds is 4. The Morgan fingerprint density at radius 1 is 1.25 bits per heavy atom. The van der Waals surface area contributed by atoms with Crippen molar-refractivity contribution in [2.75, 3.05) is 6.61 Å². The second-order valence-electron chi connectivity index (χ2n) is 6.35. The quantitative estimate of drug-likeness (QED) is 0.559. The number of benzene rings is 1. The van der Waals surface area contributed by atoms with Crippen LogP contribution in [0.3, 0.4) is 0 Å². The zero-order valence-corrected chi connectivity index (χ0v) is 15.2. The van der Waals surface area contributed by atoms with Crippen molar-refractivity contribution in [2.45, 2.75) is 24.9 Å². The van der Waals surface area contributed by atoms with Gasteiger partial charge in [-0.25, -0.2) is 9.48 Å². The molecular weight excluding hydrogens is 390 g/mol. The number of hydrogen-bond donors (Lipinski definition) is 3. The normalized spacial score (nSPS) is 21.9. The summed E-state index contributed by atoms with van der Waals surface area (Å²) in [5.41, 5.74) is -0.246. The molecule has 3 heterocycles. The van der Waals surface area contributed by atoms with Crippen molar-refractivity contribution in [2.24, 2.45) is 0 Å². The molecule has 3 N–H and O–H groups in total. The fourth-order valence-corrected chi connectivity index (χ4v) is 3.17. The predicted molar refractivity (Wildman–Crippen MR) is 98.3 cm³/mol. The van der Waals surface area contributed by atoms with E-state index in [0.29, 0.717) is 10.7 Å². The molecule has 0 bridgehead atoms. The summed E-state index contributed by atoms with van der Waals surface area (Å²) in [5, 5.41) is 27.7. The molecule has 1 aromatic carbocycles. The fourth-order valence-electron chi connectivity index (χ4n) is 3.04. The van der Waals surface area contributed by atoms with Gasteiger partial charge in [0.2, 0.25) is 0 Å². The average molecular weight is 406 g/mol. The van der Waals surface area contributed by atoms with Gasteiger partial charge in [0.15, 0.2) is 0 Å². The molecule has 0 spiro atoms. The van der Waals surface area contributed by atoms with Crippen LogP contribution < -0.4 is 11.2 Å². The van der Waals surface area contributed by atoms with Crippen LogP contribution in [0, 0.1) is 0 Å². The van der Waals surface area contributed by atoms with Crippen LogP contribution in [-0.2, 0) is 4.74 Å². The number of ether oxygens (including phenoxy) is 1. The van der Waals surface area contributed by atoms with Gasteiger partial charge in [0, 0.05) is 17.6 Å². The number of hydrogen-bond acceptors (Lipinski definition) is 7. The van der Waals surface area contributed by atoms with Crippen molar-refractivity contribution in [1.82, 2.24) is 24.5 Å². The summed E-state index contributed by atoms with van der Waals surface area (Å²) in [5.74, 6) is 0. The van der Waals surface area contributed by atoms with E-state index in [4.69, 9.17) is 16.3 Å². The molecule has 0 saturated carbocycles. The minimum Gasteiger partial charge on any atom is -0.394 e. The molecule has 1 aliphatic rings. The van der Waals surface area contributed by atoms with Crippen molar-refractivity contribution < 1.29 is 14.9 Å². The van der Waals surface area contributed by atoms with Gasteiger partial charge in [-0.1, -0.05) is 16.8 Å². The van der Waals surface area contributed by atoms with Crippen LogP contribution in [0.25, 0.3) is 16.9 Å². The minimum atomic E-state index is -0.914. The maximum absolute atomic E-state index is 12.3. The zero-order chi connectivity index (χ0) is 19.8. The van der Waals surface area contributed by atoms with Crippen molar-refractivity contribution in [3.05, 3.63) is 62.5 Å². The Labute approximate surface area is 162 Å². The van der Waals surface area contributed by atoms with Gasteiger partial charge in [0.1, 0.15) is 18.0 Å². The number of aliphatic hydroxyl groups excluding tert-OH is 2. The number of aromatic amines is 1. The monoisotopic (exact) mass is 405 g/mol. The Morgan fingerprint density at radius 3 is 2.68 bits per heavy atom. The molecule has 10 nitrogen and oxygen atoms in total. The van der Waals surface area contributed by atoms with E-state index in [1.807, 2.05) is 0 Å². The standard InChI is InChI=1S/C17H16ClN5O5/c18-9-1-3-10(4-2-9)23-7-12(20-21-23)11-6-22(17(27)19-16(11)26)15-5-13(25)14(8-24)28-15/h1-4,6-7,13-15,24-25H,5,8H2,(H,19,26,27)/t13-,14+,15+/m0/s1. The molecule has 28 heavy (non-hydrogen) atoms. The molecule has 1 aliphatic heterocycles. The molecule has 146 valence electrons. The molecule has 4 rings (SSSR count). The van der Waals surface area contributed by atoms with Crippen molar-refractivity contribution in [3.63, 3.8) is 0 Å². The highest BCUT2D eigenvalue weighted by Crippen LogP contribution is 2.28. The van der Waals surface area contributed by atoms with Crippen molar-refractivity contribution in [3.8, 4) is 16.9 Å². The maximum Gasteiger partial charge on any atom is 0.330 e. The second-order valence-corrected chi connectivity index (χ2v) is 6.79. The first-order valence-electron chi connectivity index (χ1n) is 8.45. The van der Waals surface area contributed by atoms with E-state index in [0.717, 1.165) is 4.57 Å². The number of nitrogens with one attached hydrogen (secondary N) is 1.